The average molecular weight is 259 g/mol. The molecule has 0 aromatic heterocycles. The third-order valence-electron chi connectivity index (χ3n) is 3.91. The van der Waals surface area contributed by atoms with Gasteiger partial charge in [0.2, 0.25) is 0 Å². The second-order valence-corrected chi connectivity index (χ2v) is 5.29. The molecule has 1 aromatic carbocycles. The Morgan fingerprint density at radius 3 is 2.84 bits per heavy atom. The van der Waals surface area contributed by atoms with Crippen molar-refractivity contribution in [2.24, 2.45) is 4.99 Å². The van der Waals surface area contributed by atoms with Crippen LogP contribution in [0, 0.1) is 0 Å². The van der Waals surface area contributed by atoms with Crippen molar-refractivity contribution in [3.63, 3.8) is 0 Å². The number of para-hydroxylation sites is 1. The fourth-order valence-electron chi connectivity index (χ4n) is 2.84. The van der Waals surface area contributed by atoms with Crippen molar-refractivity contribution in [3.8, 4) is 5.75 Å². The van der Waals surface area contributed by atoms with Crippen LogP contribution in [0.1, 0.15) is 44.2 Å². The Morgan fingerprint density at radius 1 is 1.32 bits per heavy atom. The zero-order chi connectivity index (χ0) is 13.2. The molecule has 1 atom stereocenters. The van der Waals surface area contributed by atoms with Crippen molar-refractivity contribution in [2.75, 3.05) is 7.05 Å². The maximum Gasteiger partial charge on any atom is 0.196 e. The Hall–Kier alpha value is -1.71. The maximum atomic E-state index is 6.15. The highest BCUT2D eigenvalue weighted by atomic mass is 16.5. The number of hydrogen-bond donors (Lipinski definition) is 2. The monoisotopic (exact) mass is 259 g/mol. The van der Waals surface area contributed by atoms with Gasteiger partial charge in [0, 0.05) is 12.6 Å². The predicted octanol–water partition coefficient (Wildman–Crippen LogP) is 2.88. The number of benzene rings is 1. The van der Waals surface area contributed by atoms with Gasteiger partial charge in [0.1, 0.15) is 11.4 Å². The minimum Gasteiger partial charge on any atom is -0.488 e. The summed E-state index contributed by atoms with van der Waals surface area (Å²) >= 11 is 0. The number of nitrogens with one attached hydrogen (secondary N) is 2. The summed E-state index contributed by atoms with van der Waals surface area (Å²) in [6.45, 7) is 2.14. The molecule has 3 rings (SSSR count). The molecule has 1 heterocycles. The van der Waals surface area contributed by atoms with E-state index in [1.54, 1.807) is 0 Å². The molecule has 2 N–H and O–H groups in total. The van der Waals surface area contributed by atoms with Crippen LogP contribution >= 0.6 is 0 Å². The van der Waals surface area contributed by atoms with E-state index >= 15 is 0 Å². The first kappa shape index (κ1) is 12.3. The molecule has 0 saturated heterocycles. The van der Waals surface area contributed by atoms with Crippen LogP contribution in [0.5, 0.6) is 5.75 Å². The quantitative estimate of drug-likeness (QED) is 0.858. The molecule has 1 fully saturated rings. The summed E-state index contributed by atoms with van der Waals surface area (Å²) in [6.07, 6.45) is 5.26. The van der Waals surface area contributed by atoms with Gasteiger partial charge in [0.15, 0.2) is 5.96 Å². The molecule has 102 valence electrons. The molecule has 0 radical (unpaired) electrons. The van der Waals surface area contributed by atoms with Crippen molar-refractivity contribution in [2.45, 2.75) is 44.8 Å². The molecule has 4 heteroatoms. The van der Waals surface area contributed by atoms with Gasteiger partial charge in [-0.25, -0.2) is 4.99 Å². The molecule has 0 amide bonds. The van der Waals surface area contributed by atoms with E-state index in [4.69, 9.17) is 4.74 Å². The van der Waals surface area contributed by atoms with E-state index in [0.717, 1.165) is 17.4 Å². The molecule has 0 spiro atoms. The molecule has 19 heavy (non-hydrogen) atoms. The van der Waals surface area contributed by atoms with Crippen molar-refractivity contribution in [3.05, 3.63) is 23.8 Å². The Bertz CT molecular complexity index is 492. The van der Waals surface area contributed by atoms with Crippen LogP contribution in [0.15, 0.2) is 23.2 Å². The molecule has 1 saturated carbocycles. The van der Waals surface area contributed by atoms with E-state index in [1.807, 2.05) is 13.1 Å². The number of nitrogens with zero attached hydrogens (tertiary/aromatic N) is 1. The summed E-state index contributed by atoms with van der Waals surface area (Å²) in [5, 5.41) is 6.41. The highest BCUT2D eigenvalue weighted by molar-refractivity contribution is 5.86. The fraction of sp³-hybridized carbons (Fsp3) is 0.533. The van der Waals surface area contributed by atoms with Gasteiger partial charge in [-0.1, -0.05) is 12.1 Å². The highest BCUT2D eigenvalue weighted by Gasteiger charge is 2.23. The van der Waals surface area contributed by atoms with E-state index in [9.17, 15) is 0 Å². The minimum absolute atomic E-state index is 0.252. The van der Waals surface area contributed by atoms with Crippen LogP contribution in [0.25, 0.3) is 0 Å². The van der Waals surface area contributed by atoms with Crippen molar-refractivity contribution in [1.29, 1.82) is 0 Å². The molecule has 1 aromatic rings. The van der Waals surface area contributed by atoms with Crippen molar-refractivity contribution in [1.82, 2.24) is 10.6 Å². The third kappa shape index (κ3) is 2.39. The number of fused-ring (bicyclic) bond motifs is 1. The van der Waals surface area contributed by atoms with E-state index in [0.29, 0.717) is 6.10 Å². The lowest BCUT2D eigenvalue weighted by Gasteiger charge is -2.26. The molecule has 4 nitrogen and oxygen atoms in total. The molecule has 2 aliphatic rings. The molecular weight excluding hydrogens is 238 g/mol. The summed E-state index contributed by atoms with van der Waals surface area (Å²) in [6, 6.07) is 6.46. The summed E-state index contributed by atoms with van der Waals surface area (Å²) in [5.41, 5.74) is 2.18. The zero-order valence-electron chi connectivity index (χ0n) is 11.6. The number of hydrogen-bond acceptors (Lipinski definition) is 4. The van der Waals surface area contributed by atoms with Crippen LogP contribution in [0.2, 0.25) is 0 Å². The van der Waals surface area contributed by atoms with Gasteiger partial charge in [0.05, 0.1) is 12.1 Å². The van der Waals surface area contributed by atoms with Crippen LogP contribution in [0.3, 0.4) is 0 Å². The Labute approximate surface area is 114 Å². The number of ether oxygens (including phenoxy) is 1. The van der Waals surface area contributed by atoms with Crippen LogP contribution in [-0.2, 0) is 0 Å². The second kappa shape index (κ2) is 5.11. The first-order valence-corrected chi connectivity index (χ1v) is 7.10. The number of guanidine groups is 1. The number of aliphatic imine (C=N–C) groups is 1. The fourth-order valence-corrected chi connectivity index (χ4v) is 2.84. The summed E-state index contributed by atoms with van der Waals surface area (Å²) < 4.78 is 6.15. The normalized spacial score (nSPS) is 22.4. The van der Waals surface area contributed by atoms with Crippen LogP contribution in [0.4, 0.5) is 5.69 Å². The zero-order valence-corrected chi connectivity index (χ0v) is 11.6. The molecular formula is C15H21N3O. The van der Waals surface area contributed by atoms with Gasteiger partial charge in [-0.05, 0) is 38.7 Å². The standard InChI is InChI=1S/C15H21N3O/c1-10-12-8-5-9-13(19-11-6-3-4-7-11)14(12)18-15(16-2)17-10/h5,8-11H,3-4,6-7H2,1-2H3,(H2,16,17,18). The third-order valence-corrected chi connectivity index (χ3v) is 3.91. The molecule has 1 aliphatic heterocycles. The van der Waals surface area contributed by atoms with Gasteiger partial charge >= 0.3 is 0 Å². The summed E-state index contributed by atoms with van der Waals surface area (Å²) in [5.74, 6) is 1.73. The van der Waals surface area contributed by atoms with Crippen LogP contribution < -0.4 is 15.4 Å². The molecule has 1 unspecified atom stereocenters. The lowest BCUT2D eigenvalue weighted by atomic mass is 10.0. The average Bonchev–Trinajstić information content (AvgIpc) is 2.92. The van der Waals surface area contributed by atoms with Crippen molar-refractivity contribution >= 4 is 11.6 Å². The van der Waals surface area contributed by atoms with E-state index in [-0.39, 0.29) is 6.04 Å². The van der Waals surface area contributed by atoms with E-state index < -0.39 is 0 Å². The summed E-state index contributed by atoms with van der Waals surface area (Å²) in [7, 11) is 1.88. The van der Waals surface area contributed by atoms with Gasteiger partial charge in [-0.3, -0.25) is 0 Å². The molecule has 0 bridgehead atoms. The Kier molecular flexibility index (Phi) is 3.32. The smallest absolute Gasteiger partial charge is 0.196 e. The predicted molar refractivity (Wildman–Crippen MR) is 77.0 cm³/mol. The Morgan fingerprint density at radius 2 is 2.11 bits per heavy atom. The van der Waals surface area contributed by atoms with Gasteiger partial charge in [-0.2, -0.15) is 0 Å². The lowest BCUT2D eigenvalue weighted by Crippen LogP contribution is -2.38. The van der Waals surface area contributed by atoms with Gasteiger partial charge in [0.25, 0.3) is 0 Å². The van der Waals surface area contributed by atoms with Gasteiger partial charge in [-0.15, -0.1) is 0 Å². The Balaban J connectivity index is 1.93. The topological polar surface area (TPSA) is 45.7 Å². The SMILES string of the molecule is CNC1=Nc2c(OC3CCCC3)cccc2C(C)N1. The number of rotatable bonds is 2. The van der Waals surface area contributed by atoms with E-state index in [2.05, 4.69) is 34.7 Å². The first-order chi connectivity index (χ1) is 9.28. The molecule has 1 aliphatic carbocycles. The van der Waals surface area contributed by atoms with E-state index in [1.165, 1.54) is 31.2 Å². The van der Waals surface area contributed by atoms with Gasteiger partial charge < -0.3 is 15.4 Å². The highest BCUT2D eigenvalue weighted by Crippen LogP contribution is 2.39. The lowest BCUT2D eigenvalue weighted by molar-refractivity contribution is 0.210. The summed E-state index contributed by atoms with van der Waals surface area (Å²) in [4.78, 5) is 4.63. The largest absolute Gasteiger partial charge is 0.488 e. The first-order valence-electron chi connectivity index (χ1n) is 7.10. The minimum atomic E-state index is 0.252. The maximum absolute atomic E-state index is 6.15. The van der Waals surface area contributed by atoms with Crippen molar-refractivity contribution < 1.29 is 4.74 Å². The second-order valence-electron chi connectivity index (χ2n) is 5.29. The van der Waals surface area contributed by atoms with Crippen LogP contribution in [-0.4, -0.2) is 19.1 Å².